The molecule has 0 unspecified atom stereocenters. The summed E-state index contributed by atoms with van der Waals surface area (Å²) in [7, 11) is 0. The fourth-order valence-corrected chi connectivity index (χ4v) is 4.98. The molecule has 0 bridgehead atoms. The maximum Gasteiger partial charge on any atom is 0.253 e. The molecule has 4 heteroatoms. The van der Waals surface area contributed by atoms with Gasteiger partial charge in [0.1, 0.15) is 0 Å². The Balaban J connectivity index is 1.35. The van der Waals surface area contributed by atoms with Gasteiger partial charge in [-0.3, -0.25) is 10.1 Å². The Morgan fingerprint density at radius 3 is 2.30 bits per heavy atom. The van der Waals surface area contributed by atoms with Crippen molar-refractivity contribution in [1.82, 2.24) is 15.5 Å². The van der Waals surface area contributed by atoms with E-state index in [-0.39, 0.29) is 11.4 Å². The lowest BCUT2D eigenvalue weighted by molar-refractivity contribution is 0.0690. The molecule has 30 heavy (non-hydrogen) atoms. The molecule has 4 rings (SSSR count). The Labute approximate surface area is 181 Å². The molecule has 1 atom stereocenters. The minimum Gasteiger partial charge on any atom is -0.339 e. The smallest absolute Gasteiger partial charge is 0.253 e. The highest BCUT2D eigenvalue weighted by Gasteiger charge is 2.38. The van der Waals surface area contributed by atoms with Gasteiger partial charge in [-0.05, 0) is 61.3 Å². The van der Waals surface area contributed by atoms with Gasteiger partial charge in [-0.25, -0.2) is 0 Å². The molecular weight excluding hydrogens is 370 g/mol. The molecule has 2 heterocycles. The van der Waals surface area contributed by atoms with Crippen LogP contribution in [0.2, 0.25) is 0 Å². The molecular formula is C26H35N3O. The highest BCUT2D eigenvalue weighted by molar-refractivity contribution is 5.94. The van der Waals surface area contributed by atoms with Crippen molar-refractivity contribution in [3.8, 4) is 0 Å². The highest BCUT2D eigenvalue weighted by atomic mass is 16.2. The average Bonchev–Trinajstić information content (AvgIpc) is 3.27. The molecule has 0 radical (unpaired) electrons. The van der Waals surface area contributed by atoms with Crippen molar-refractivity contribution < 1.29 is 4.79 Å². The maximum atomic E-state index is 13.0. The number of hydrogen-bond acceptors (Lipinski definition) is 3. The summed E-state index contributed by atoms with van der Waals surface area (Å²) in [6, 6.07) is 17.2. The topological polar surface area (TPSA) is 44.4 Å². The number of hydrogen-bond donors (Lipinski definition) is 2. The number of nitrogens with one attached hydrogen (secondary N) is 2. The molecule has 2 saturated heterocycles. The van der Waals surface area contributed by atoms with Crippen LogP contribution < -0.4 is 10.6 Å². The van der Waals surface area contributed by atoms with Crippen molar-refractivity contribution >= 4 is 5.91 Å². The van der Waals surface area contributed by atoms with Gasteiger partial charge in [0, 0.05) is 31.9 Å². The van der Waals surface area contributed by atoms with Gasteiger partial charge in [0.05, 0.1) is 5.54 Å². The van der Waals surface area contributed by atoms with E-state index in [0.29, 0.717) is 11.8 Å². The summed E-state index contributed by atoms with van der Waals surface area (Å²) >= 11 is 0. The van der Waals surface area contributed by atoms with Gasteiger partial charge in [0.15, 0.2) is 0 Å². The molecule has 0 aromatic heterocycles. The first kappa shape index (κ1) is 21.1. The third kappa shape index (κ3) is 4.30. The lowest BCUT2D eigenvalue weighted by Crippen LogP contribution is -2.44. The number of amides is 1. The van der Waals surface area contributed by atoms with E-state index in [1.54, 1.807) is 0 Å². The Morgan fingerprint density at radius 2 is 1.73 bits per heavy atom. The molecule has 2 aromatic carbocycles. The normalized spacial score (nSPS) is 22.6. The monoisotopic (exact) mass is 405 g/mol. The van der Waals surface area contributed by atoms with Crippen molar-refractivity contribution in [2.45, 2.75) is 45.6 Å². The quantitative estimate of drug-likeness (QED) is 0.787. The molecule has 0 saturated carbocycles. The van der Waals surface area contributed by atoms with E-state index < -0.39 is 0 Å². The Bertz CT molecular complexity index is 843. The van der Waals surface area contributed by atoms with E-state index in [2.05, 4.69) is 67.8 Å². The van der Waals surface area contributed by atoms with Crippen molar-refractivity contribution in [2.75, 3.05) is 26.3 Å². The van der Waals surface area contributed by atoms with Gasteiger partial charge >= 0.3 is 0 Å². The number of likely N-dealkylation sites (tertiary alicyclic amines) is 1. The molecule has 2 N–H and O–H groups in total. The van der Waals surface area contributed by atoms with Crippen LogP contribution in [-0.2, 0) is 12.0 Å². The minimum atomic E-state index is -0.0457. The minimum absolute atomic E-state index is 0.0457. The van der Waals surface area contributed by atoms with Gasteiger partial charge in [-0.1, -0.05) is 55.8 Å². The molecule has 2 aliphatic heterocycles. The second-order valence-corrected chi connectivity index (χ2v) is 9.41. The maximum absolute atomic E-state index is 13.0. The van der Waals surface area contributed by atoms with E-state index in [1.165, 1.54) is 16.7 Å². The average molecular weight is 406 g/mol. The summed E-state index contributed by atoms with van der Waals surface area (Å²) in [5.41, 5.74) is 4.74. The predicted octanol–water partition coefficient (Wildman–Crippen LogP) is 4.09. The number of piperidine rings is 1. The molecule has 2 fully saturated rings. The van der Waals surface area contributed by atoms with Gasteiger partial charge in [-0.15, -0.1) is 0 Å². The van der Waals surface area contributed by atoms with Gasteiger partial charge < -0.3 is 10.2 Å². The van der Waals surface area contributed by atoms with Gasteiger partial charge in [-0.2, -0.15) is 0 Å². The first-order chi connectivity index (χ1) is 14.5. The summed E-state index contributed by atoms with van der Waals surface area (Å²) < 4.78 is 0. The zero-order chi connectivity index (χ0) is 21.1. The summed E-state index contributed by atoms with van der Waals surface area (Å²) in [6.07, 6.45) is 3.29. The van der Waals surface area contributed by atoms with Crippen LogP contribution in [-0.4, -0.2) is 37.1 Å². The van der Waals surface area contributed by atoms with E-state index in [0.717, 1.165) is 51.1 Å². The van der Waals surface area contributed by atoms with E-state index >= 15 is 0 Å². The standard InChI is InChI=1S/C26H35N3O/c1-19(2)26(17-27-18-28-26)24-10-8-23(9-11-24)25(30)29-14-12-22(13-15-29)16-21-6-4-20(3)5-7-21/h4-11,19,22,27-28H,12-18H2,1-3H3/t26-/m1/s1. The number of carbonyl (C=O) groups is 1. The van der Waals surface area contributed by atoms with Crippen LogP contribution in [0.15, 0.2) is 48.5 Å². The van der Waals surface area contributed by atoms with Crippen molar-refractivity contribution in [1.29, 1.82) is 0 Å². The fourth-order valence-electron chi connectivity index (χ4n) is 4.98. The summed E-state index contributed by atoms with van der Waals surface area (Å²) in [6.45, 7) is 10.1. The van der Waals surface area contributed by atoms with Crippen LogP contribution in [0, 0.1) is 18.8 Å². The number of aryl methyl sites for hydroxylation is 1. The molecule has 4 nitrogen and oxygen atoms in total. The second kappa shape index (κ2) is 8.91. The summed E-state index contributed by atoms with van der Waals surface area (Å²) in [5, 5.41) is 7.04. The number of carbonyl (C=O) groups excluding carboxylic acids is 1. The van der Waals surface area contributed by atoms with Crippen LogP contribution in [0.4, 0.5) is 0 Å². The first-order valence-corrected chi connectivity index (χ1v) is 11.4. The Morgan fingerprint density at radius 1 is 1.07 bits per heavy atom. The predicted molar refractivity (Wildman–Crippen MR) is 122 cm³/mol. The SMILES string of the molecule is Cc1ccc(CC2CCN(C(=O)c3ccc([C@]4(C(C)C)CNCN4)cc3)CC2)cc1. The Kier molecular flexibility index (Phi) is 6.26. The summed E-state index contributed by atoms with van der Waals surface area (Å²) in [5.74, 6) is 1.32. The molecule has 160 valence electrons. The molecule has 2 aliphatic rings. The van der Waals surface area contributed by atoms with Gasteiger partial charge in [0.25, 0.3) is 5.91 Å². The second-order valence-electron chi connectivity index (χ2n) is 9.41. The van der Waals surface area contributed by atoms with Crippen LogP contribution >= 0.6 is 0 Å². The third-order valence-corrected chi connectivity index (χ3v) is 7.11. The Hall–Kier alpha value is -2.17. The van der Waals surface area contributed by atoms with Crippen LogP contribution in [0.3, 0.4) is 0 Å². The number of benzene rings is 2. The molecule has 0 spiro atoms. The molecule has 1 amide bonds. The van der Waals surface area contributed by atoms with Crippen molar-refractivity contribution in [3.05, 3.63) is 70.8 Å². The number of rotatable bonds is 5. The van der Waals surface area contributed by atoms with E-state index in [4.69, 9.17) is 0 Å². The lowest BCUT2D eigenvalue weighted by Gasteiger charge is -2.34. The lowest BCUT2D eigenvalue weighted by atomic mass is 9.80. The summed E-state index contributed by atoms with van der Waals surface area (Å²) in [4.78, 5) is 15.1. The highest BCUT2D eigenvalue weighted by Crippen LogP contribution is 2.31. The molecule has 2 aromatic rings. The first-order valence-electron chi connectivity index (χ1n) is 11.4. The van der Waals surface area contributed by atoms with E-state index in [9.17, 15) is 4.79 Å². The number of nitrogens with zero attached hydrogens (tertiary/aromatic N) is 1. The van der Waals surface area contributed by atoms with E-state index in [1.807, 2.05) is 17.0 Å². The fraction of sp³-hybridized carbons (Fsp3) is 0.500. The zero-order valence-electron chi connectivity index (χ0n) is 18.6. The van der Waals surface area contributed by atoms with Crippen LogP contribution in [0.5, 0.6) is 0 Å². The molecule has 0 aliphatic carbocycles. The van der Waals surface area contributed by atoms with Gasteiger partial charge in [0.2, 0.25) is 0 Å². The van der Waals surface area contributed by atoms with Crippen molar-refractivity contribution in [3.63, 3.8) is 0 Å². The largest absolute Gasteiger partial charge is 0.339 e. The van der Waals surface area contributed by atoms with Crippen molar-refractivity contribution in [2.24, 2.45) is 11.8 Å². The van der Waals surface area contributed by atoms with Crippen LogP contribution in [0.25, 0.3) is 0 Å². The zero-order valence-corrected chi connectivity index (χ0v) is 18.6. The van der Waals surface area contributed by atoms with Crippen LogP contribution in [0.1, 0.15) is 53.7 Å². The third-order valence-electron chi connectivity index (χ3n) is 7.11.